The number of rotatable bonds is 3. The summed E-state index contributed by atoms with van der Waals surface area (Å²) < 4.78 is 5.04. The molecule has 2 aliphatic heterocycles. The summed E-state index contributed by atoms with van der Waals surface area (Å²) in [5.41, 5.74) is 9.25. The first kappa shape index (κ1) is 13.5. The molecule has 2 heterocycles. The van der Waals surface area contributed by atoms with E-state index in [1.54, 1.807) is 6.07 Å². The number of nitrogens with zero attached hydrogens (tertiary/aromatic N) is 1. The van der Waals surface area contributed by atoms with Gasteiger partial charge in [-0.3, -0.25) is 4.90 Å². The van der Waals surface area contributed by atoms with Crippen molar-refractivity contribution in [3.63, 3.8) is 0 Å². The third kappa shape index (κ3) is 2.32. The van der Waals surface area contributed by atoms with Gasteiger partial charge in [0, 0.05) is 24.7 Å². The maximum atomic E-state index is 11.5. The highest BCUT2D eigenvalue weighted by Gasteiger charge is 2.27. The summed E-state index contributed by atoms with van der Waals surface area (Å²) in [6.45, 7) is 4.61. The van der Waals surface area contributed by atoms with Crippen molar-refractivity contribution < 1.29 is 14.6 Å². The number of cyclic esters (lactones) is 1. The number of β-amino-alcohol motifs (C(OH)–C–C–N with tert-alkyl or cyclic N) is 1. The fraction of sp³-hybridized carbons (Fsp3) is 0.533. The highest BCUT2D eigenvalue weighted by molar-refractivity contribution is 5.93. The number of ether oxygens (including phenoxy) is 1. The molecule has 1 aromatic carbocycles. The highest BCUT2D eigenvalue weighted by Crippen LogP contribution is 2.29. The highest BCUT2D eigenvalue weighted by atomic mass is 16.5. The van der Waals surface area contributed by atoms with Crippen LogP contribution in [0.4, 0.5) is 0 Å². The first-order chi connectivity index (χ1) is 9.56. The largest absolute Gasteiger partial charge is 0.457 e. The van der Waals surface area contributed by atoms with Gasteiger partial charge in [-0.25, -0.2) is 4.79 Å². The van der Waals surface area contributed by atoms with Gasteiger partial charge in [-0.15, -0.1) is 0 Å². The molecule has 5 nitrogen and oxygen atoms in total. The minimum Gasteiger partial charge on any atom is -0.457 e. The molecule has 0 radical (unpaired) electrons. The molecule has 3 N–H and O–H groups in total. The summed E-state index contributed by atoms with van der Waals surface area (Å²) in [6, 6.07) is 3.81. The lowest BCUT2D eigenvalue weighted by Gasteiger charge is -2.21. The van der Waals surface area contributed by atoms with Gasteiger partial charge in [0.05, 0.1) is 11.7 Å². The van der Waals surface area contributed by atoms with E-state index in [-0.39, 0.29) is 12.0 Å². The molecular weight excluding hydrogens is 256 g/mol. The smallest absolute Gasteiger partial charge is 0.338 e. The van der Waals surface area contributed by atoms with Crippen molar-refractivity contribution in [3.05, 3.63) is 34.4 Å². The Balaban J connectivity index is 1.78. The molecule has 108 valence electrons. The van der Waals surface area contributed by atoms with E-state index in [0.717, 1.165) is 36.2 Å². The van der Waals surface area contributed by atoms with Crippen LogP contribution in [0, 0.1) is 6.92 Å². The first-order valence-electron chi connectivity index (χ1n) is 7.01. The van der Waals surface area contributed by atoms with Crippen LogP contribution in [0.25, 0.3) is 0 Å². The molecule has 0 amide bonds. The number of carbonyl (C=O) groups is 1. The lowest BCUT2D eigenvalue weighted by molar-refractivity contribution is 0.0535. The Kier molecular flexibility index (Phi) is 3.50. The number of nitrogens with two attached hydrogens (primary N) is 1. The second kappa shape index (κ2) is 5.16. The van der Waals surface area contributed by atoms with Gasteiger partial charge in [0.1, 0.15) is 6.61 Å². The van der Waals surface area contributed by atoms with Crippen LogP contribution in [0.5, 0.6) is 0 Å². The standard InChI is InChI=1S/C15H20N2O3/c1-9-11(2-3-12-13(9)8-20-15(12)19)14(18)7-17-5-4-10(16)6-17/h2-3,10,14,18H,4-8,16H2,1H3. The summed E-state index contributed by atoms with van der Waals surface area (Å²) >= 11 is 0. The molecule has 2 unspecified atom stereocenters. The summed E-state index contributed by atoms with van der Waals surface area (Å²) in [5, 5.41) is 10.4. The lowest BCUT2D eigenvalue weighted by atomic mass is 9.95. The number of hydrogen-bond acceptors (Lipinski definition) is 5. The molecule has 0 aliphatic carbocycles. The van der Waals surface area contributed by atoms with E-state index in [9.17, 15) is 9.90 Å². The van der Waals surface area contributed by atoms with Gasteiger partial charge < -0.3 is 15.6 Å². The molecule has 0 saturated carbocycles. The van der Waals surface area contributed by atoms with Gasteiger partial charge in [0.2, 0.25) is 0 Å². The molecule has 20 heavy (non-hydrogen) atoms. The van der Waals surface area contributed by atoms with E-state index >= 15 is 0 Å². The molecule has 1 saturated heterocycles. The zero-order valence-corrected chi connectivity index (χ0v) is 11.6. The van der Waals surface area contributed by atoms with Crippen molar-refractivity contribution in [1.29, 1.82) is 0 Å². The van der Waals surface area contributed by atoms with Crippen molar-refractivity contribution in [1.82, 2.24) is 4.90 Å². The van der Waals surface area contributed by atoms with Gasteiger partial charge in [0.25, 0.3) is 0 Å². The van der Waals surface area contributed by atoms with Crippen LogP contribution >= 0.6 is 0 Å². The number of fused-ring (bicyclic) bond motifs is 1. The lowest BCUT2D eigenvalue weighted by Crippen LogP contribution is -2.30. The van der Waals surface area contributed by atoms with Crippen LogP contribution in [-0.4, -0.2) is 41.7 Å². The molecule has 0 bridgehead atoms. The normalized spacial score (nSPS) is 23.8. The van der Waals surface area contributed by atoms with E-state index in [1.165, 1.54) is 0 Å². The van der Waals surface area contributed by atoms with Gasteiger partial charge in [-0.05, 0) is 37.1 Å². The number of aliphatic hydroxyl groups is 1. The van der Waals surface area contributed by atoms with Crippen LogP contribution in [0.1, 0.15) is 39.6 Å². The molecule has 1 fully saturated rings. The van der Waals surface area contributed by atoms with Crippen LogP contribution in [-0.2, 0) is 11.3 Å². The van der Waals surface area contributed by atoms with E-state index in [2.05, 4.69) is 4.90 Å². The van der Waals surface area contributed by atoms with Crippen molar-refractivity contribution in [2.24, 2.45) is 5.73 Å². The predicted molar refractivity (Wildman–Crippen MR) is 74.3 cm³/mol. The fourth-order valence-corrected chi connectivity index (χ4v) is 3.10. The maximum absolute atomic E-state index is 11.5. The van der Waals surface area contributed by atoms with Crippen molar-refractivity contribution in [2.45, 2.75) is 32.1 Å². The summed E-state index contributed by atoms with van der Waals surface area (Å²) in [5.74, 6) is -0.269. The monoisotopic (exact) mass is 276 g/mol. The summed E-state index contributed by atoms with van der Waals surface area (Å²) in [4.78, 5) is 13.7. The van der Waals surface area contributed by atoms with E-state index in [4.69, 9.17) is 10.5 Å². The van der Waals surface area contributed by atoms with Gasteiger partial charge in [-0.1, -0.05) is 6.07 Å². The Labute approximate surface area is 118 Å². The van der Waals surface area contributed by atoms with Crippen LogP contribution in [0.3, 0.4) is 0 Å². The fourth-order valence-electron chi connectivity index (χ4n) is 3.10. The number of likely N-dealkylation sites (tertiary alicyclic amines) is 1. The van der Waals surface area contributed by atoms with E-state index < -0.39 is 6.10 Å². The number of benzene rings is 1. The van der Waals surface area contributed by atoms with E-state index in [1.807, 2.05) is 13.0 Å². The summed E-state index contributed by atoms with van der Waals surface area (Å²) in [7, 11) is 0. The second-order valence-electron chi connectivity index (χ2n) is 5.71. The van der Waals surface area contributed by atoms with Gasteiger partial charge in [0.15, 0.2) is 0 Å². The van der Waals surface area contributed by atoms with Gasteiger partial charge >= 0.3 is 5.97 Å². The van der Waals surface area contributed by atoms with Crippen molar-refractivity contribution in [3.8, 4) is 0 Å². The predicted octanol–water partition coefficient (Wildman–Crippen LogP) is 0.732. The second-order valence-corrected chi connectivity index (χ2v) is 5.71. The van der Waals surface area contributed by atoms with Crippen LogP contribution in [0.15, 0.2) is 12.1 Å². The van der Waals surface area contributed by atoms with Gasteiger partial charge in [-0.2, -0.15) is 0 Å². The Hall–Kier alpha value is -1.43. The zero-order chi connectivity index (χ0) is 14.3. The average Bonchev–Trinajstić information content (AvgIpc) is 2.97. The van der Waals surface area contributed by atoms with Crippen molar-refractivity contribution in [2.75, 3.05) is 19.6 Å². The molecule has 2 atom stereocenters. The number of carbonyl (C=O) groups excluding carboxylic acids is 1. The van der Waals surface area contributed by atoms with E-state index in [0.29, 0.717) is 18.7 Å². The Morgan fingerprint density at radius 1 is 1.55 bits per heavy atom. The third-order valence-electron chi connectivity index (χ3n) is 4.31. The molecular formula is C15H20N2O3. The number of hydrogen-bond donors (Lipinski definition) is 2. The Morgan fingerprint density at radius 3 is 3.05 bits per heavy atom. The van der Waals surface area contributed by atoms with Crippen LogP contribution in [0.2, 0.25) is 0 Å². The molecule has 3 rings (SSSR count). The average molecular weight is 276 g/mol. The minimum absolute atomic E-state index is 0.217. The number of esters is 1. The molecule has 5 heteroatoms. The zero-order valence-electron chi connectivity index (χ0n) is 11.6. The third-order valence-corrected chi connectivity index (χ3v) is 4.31. The topological polar surface area (TPSA) is 75.8 Å². The SMILES string of the molecule is Cc1c(C(O)CN2CCC(N)C2)ccc2c1COC2=O. The first-order valence-corrected chi connectivity index (χ1v) is 7.01. The molecule has 1 aromatic rings. The summed E-state index contributed by atoms with van der Waals surface area (Å²) in [6.07, 6.45) is 0.430. The minimum atomic E-state index is -0.554. The van der Waals surface area contributed by atoms with Crippen molar-refractivity contribution >= 4 is 5.97 Å². The molecule has 0 aromatic heterocycles. The molecule has 2 aliphatic rings. The Bertz CT molecular complexity index is 544. The maximum Gasteiger partial charge on any atom is 0.338 e. The Morgan fingerprint density at radius 2 is 2.35 bits per heavy atom. The molecule has 0 spiro atoms. The van der Waals surface area contributed by atoms with Crippen LogP contribution < -0.4 is 5.73 Å². The quantitative estimate of drug-likeness (QED) is 0.796. The number of aliphatic hydroxyl groups excluding tert-OH is 1.